The van der Waals surface area contributed by atoms with E-state index in [9.17, 15) is 10.1 Å². The van der Waals surface area contributed by atoms with Crippen LogP contribution in [0, 0.1) is 10.1 Å². The van der Waals surface area contributed by atoms with E-state index in [1.54, 1.807) is 24.3 Å². The fourth-order valence-corrected chi connectivity index (χ4v) is 2.98. The largest absolute Gasteiger partial charge is 0.283 e. The quantitative estimate of drug-likeness (QED) is 0.484. The van der Waals surface area contributed by atoms with Crippen LogP contribution in [0.3, 0.4) is 0 Å². The SMILES string of the molecule is O=[N+]([O-])c1ccccc1Sc1cc(Cl)nc(C2CC2)n1. The molecule has 0 spiro atoms. The zero-order chi connectivity index (χ0) is 14.1. The van der Waals surface area contributed by atoms with Crippen LogP contribution in [0.25, 0.3) is 0 Å². The highest BCUT2D eigenvalue weighted by Gasteiger charge is 2.27. The van der Waals surface area contributed by atoms with E-state index in [2.05, 4.69) is 9.97 Å². The van der Waals surface area contributed by atoms with Gasteiger partial charge in [-0.3, -0.25) is 10.1 Å². The van der Waals surface area contributed by atoms with E-state index < -0.39 is 4.92 Å². The minimum Gasteiger partial charge on any atom is -0.258 e. The molecule has 0 aliphatic heterocycles. The molecule has 1 aromatic carbocycles. The van der Waals surface area contributed by atoms with Gasteiger partial charge in [0.15, 0.2) is 0 Å². The summed E-state index contributed by atoms with van der Waals surface area (Å²) in [4.78, 5) is 19.8. The minimum atomic E-state index is -0.396. The first-order chi connectivity index (χ1) is 9.63. The molecule has 1 aliphatic carbocycles. The van der Waals surface area contributed by atoms with Gasteiger partial charge in [-0.25, -0.2) is 9.97 Å². The summed E-state index contributed by atoms with van der Waals surface area (Å²) >= 11 is 7.23. The molecule has 7 heteroatoms. The van der Waals surface area contributed by atoms with Crippen molar-refractivity contribution in [2.24, 2.45) is 0 Å². The third kappa shape index (κ3) is 2.91. The molecule has 0 N–H and O–H groups in total. The molecule has 5 nitrogen and oxygen atoms in total. The standard InChI is InChI=1S/C13H10ClN3O2S/c14-11-7-12(16-13(15-11)8-5-6-8)20-10-4-2-1-3-9(10)17(18)19/h1-4,7-8H,5-6H2. The molecule has 0 amide bonds. The molecule has 0 atom stereocenters. The third-order valence-electron chi connectivity index (χ3n) is 2.91. The first kappa shape index (κ1) is 13.3. The van der Waals surface area contributed by atoms with Crippen molar-refractivity contribution < 1.29 is 4.92 Å². The fourth-order valence-electron chi connectivity index (χ4n) is 1.80. The molecule has 0 radical (unpaired) electrons. The van der Waals surface area contributed by atoms with Crippen LogP contribution in [0.4, 0.5) is 5.69 Å². The number of aromatic nitrogens is 2. The lowest BCUT2D eigenvalue weighted by Gasteiger charge is -2.04. The smallest absolute Gasteiger partial charge is 0.258 e. The number of hydrogen-bond acceptors (Lipinski definition) is 5. The molecule has 1 aliphatic rings. The number of nitro benzene ring substituents is 1. The highest BCUT2D eigenvalue weighted by molar-refractivity contribution is 7.99. The van der Waals surface area contributed by atoms with Crippen LogP contribution in [0.2, 0.25) is 5.15 Å². The second kappa shape index (κ2) is 5.38. The van der Waals surface area contributed by atoms with Gasteiger partial charge < -0.3 is 0 Å². The molecular weight excluding hydrogens is 298 g/mol. The zero-order valence-electron chi connectivity index (χ0n) is 10.3. The Morgan fingerprint density at radius 2 is 2.05 bits per heavy atom. The van der Waals surface area contributed by atoms with Gasteiger partial charge in [0, 0.05) is 18.1 Å². The summed E-state index contributed by atoms with van der Waals surface area (Å²) in [6.07, 6.45) is 2.16. The Hall–Kier alpha value is -1.66. The Morgan fingerprint density at radius 3 is 2.75 bits per heavy atom. The summed E-state index contributed by atoms with van der Waals surface area (Å²) in [7, 11) is 0. The van der Waals surface area contributed by atoms with E-state index in [4.69, 9.17) is 11.6 Å². The average Bonchev–Trinajstić information content (AvgIpc) is 3.22. The highest BCUT2D eigenvalue weighted by atomic mass is 35.5. The molecule has 0 saturated heterocycles. The molecule has 102 valence electrons. The van der Waals surface area contributed by atoms with Crippen molar-refractivity contribution in [1.29, 1.82) is 0 Å². The van der Waals surface area contributed by atoms with E-state index >= 15 is 0 Å². The van der Waals surface area contributed by atoms with Gasteiger partial charge in [-0.05, 0) is 18.9 Å². The molecule has 0 bridgehead atoms. The maximum Gasteiger partial charge on any atom is 0.283 e. The maximum atomic E-state index is 11.0. The van der Waals surface area contributed by atoms with Crippen molar-refractivity contribution in [3.8, 4) is 0 Å². The van der Waals surface area contributed by atoms with Crippen LogP contribution in [-0.2, 0) is 0 Å². The summed E-state index contributed by atoms with van der Waals surface area (Å²) in [6, 6.07) is 8.22. The number of nitro groups is 1. The molecule has 3 rings (SSSR count). The zero-order valence-corrected chi connectivity index (χ0v) is 11.9. The number of rotatable bonds is 4. The van der Waals surface area contributed by atoms with Crippen molar-refractivity contribution in [2.75, 3.05) is 0 Å². The Bertz CT molecular complexity index is 676. The van der Waals surface area contributed by atoms with E-state index in [0.717, 1.165) is 18.7 Å². The van der Waals surface area contributed by atoms with Crippen LogP contribution in [0.15, 0.2) is 40.3 Å². The van der Waals surface area contributed by atoms with Gasteiger partial charge in [-0.15, -0.1) is 0 Å². The lowest BCUT2D eigenvalue weighted by molar-refractivity contribution is -0.387. The Kier molecular flexibility index (Phi) is 3.58. The summed E-state index contributed by atoms with van der Waals surface area (Å²) in [5, 5.41) is 12.0. The maximum absolute atomic E-state index is 11.0. The van der Waals surface area contributed by atoms with E-state index in [0.29, 0.717) is 21.0 Å². The van der Waals surface area contributed by atoms with Crippen LogP contribution in [-0.4, -0.2) is 14.9 Å². The van der Waals surface area contributed by atoms with Gasteiger partial charge in [0.25, 0.3) is 5.69 Å². The lowest BCUT2D eigenvalue weighted by Crippen LogP contribution is -1.95. The fraction of sp³-hybridized carbons (Fsp3) is 0.231. The summed E-state index contributed by atoms with van der Waals surface area (Å²) in [5.41, 5.74) is 0.0696. The third-order valence-corrected chi connectivity index (χ3v) is 4.08. The van der Waals surface area contributed by atoms with Crippen LogP contribution in [0.5, 0.6) is 0 Å². The van der Waals surface area contributed by atoms with Gasteiger partial charge in [-0.2, -0.15) is 0 Å². The molecule has 1 heterocycles. The second-order valence-electron chi connectivity index (χ2n) is 4.49. The number of hydrogen-bond donors (Lipinski definition) is 0. The molecular formula is C13H10ClN3O2S. The summed E-state index contributed by atoms with van der Waals surface area (Å²) < 4.78 is 0. The molecule has 2 aromatic rings. The summed E-state index contributed by atoms with van der Waals surface area (Å²) in [5.74, 6) is 1.12. The average molecular weight is 308 g/mol. The van der Waals surface area contributed by atoms with Crippen molar-refractivity contribution in [1.82, 2.24) is 9.97 Å². The lowest BCUT2D eigenvalue weighted by atomic mass is 10.3. The monoisotopic (exact) mass is 307 g/mol. The van der Waals surface area contributed by atoms with E-state index in [-0.39, 0.29) is 5.69 Å². The topological polar surface area (TPSA) is 68.9 Å². The van der Waals surface area contributed by atoms with Gasteiger partial charge in [0.05, 0.1) is 9.82 Å². The first-order valence-corrected chi connectivity index (χ1v) is 7.28. The molecule has 1 saturated carbocycles. The highest BCUT2D eigenvalue weighted by Crippen LogP contribution is 2.40. The number of benzene rings is 1. The van der Waals surface area contributed by atoms with Gasteiger partial charge in [-0.1, -0.05) is 35.5 Å². The predicted molar refractivity (Wildman–Crippen MR) is 76.2 cm³/mol. The summed E-state index contributed by atoms with van der Waals surface area (Å²) in [6.45, 7) is 0. The van der Waals surface area contributed by atoms with Crippen molar-refractivity contribution in [3.63, 3.8) is 0 Å². The van der Waals surface area contributed by atoms with E-state index in [1.807, 2.05) is 0 Å². The van der Waals surface area contributed by atoms with E-state index in [1.165, 1.54) is 17.8 Å². The molecule has 1 aromatic heterocycles. The van der Waals surface area contributed by atoms with Crippen LogP contribution >= 0.6 is 23.4 Å². The number of para-hydroxylation sites is 1. The Labute approximate surface area is 124 Å². The van der Waals surface area contributed by atoms with Crippen molar-refractivity contribution in [2.45, 2.75) is 28.7 Å². The van der Waals surface area contributed by atoms with Crippen molar-refractivity contribution >= 4 is 29.1 Å². The first-order valence-electron chi connectivity index (χ1n) is 6.09. The minimum absolute atomic E-state index is 0.0696. The Morgan fingerprint density at radius 1 is 1.30 bits per heavy atom. The van der Waals surface area contributed by atoms with Crippen LogP contribution in [0.1, 0.15) is 24.6 Å². The number of halogens is 1. The molecule has 1 fully saturated rings. The van der Waals surface area contributed by atoms with Gasteiger partial charge in [0.2, 0.25) is 0 Å². The van der Waals surface area contributed by atoms with Gasteiger partial charge >= 0.3 is 0 Å². The Balaban J connectivity index is 1.93. The second-order valence-corrected chi connectivity index (χ2v) is 5.94. The normalized spacial score (nSPS) is 14.2. The van der Waals surface area contributed by atoms with Crippen LogP contribution < -0.4 is 0 Å². The molecule has 0 unspecified atom stereocenters. The number of nitrogens with zero attached hydrogens (tertiary/aromatic N) is 3. The predicted octanol–water partition coefficient (Wildman–Crippen LogP) is 4.07. The molecule has 20 heavy (non-hydrogen) atoms. The van der Waals surface area contributed by atoms with Crippen molar-refractivity contribution in [3.05, 3.63) is 51.4 Å². The van der Waals surface area contributed by atoms with Gasteiger partial charge in [0.1, 0.15) is 16.0 Å².